The standard InChI is InChI=1S/C23H24F3NO7/c1-3-19(28)15-4-7-17(8-5-15)33-14-22(30)34-13-21(29)27-18-12-16(23(24,25)26)6-9-20(18)32-11-10-31-2/h4-9,12H,3,10-11,13-14H2,1-2H3,(H,27,29). The first-order valence-electron chi connectivity index (χ1n) is 10.2. The molecule has 0 saturated heterocycles. The van der Waals surface area contributed by atoms with Crippen LogP contribution in [-0.2, 0) is 25.2 Å². The van der Waals surface area contributed by atoms with Crippen molar-refractivity contribution < 1.29 is 46.5 Å². The average molecular weight is 483 g/mol. The Bertz CT molecular complexity index is 991. The Kier molecular flexibility index (Phi) is 9.87. The molecule has 0 radical (unpaired) electrons. The molecule has 0 saturated carbocycles. The molecule has 0 unspecified atom stereocenters. The van der Waals surface area contributed by atoms with Gasteiger partial charge in [-0.05, 0) is 42.5 Å². The summed E-state index contributed by atoms with van der Waals surface area (Å²) in [4.78, 5) is 35.6. The molecule has 0 aliphatic heterocycles. The molecule has 0 atom stereocenters. The number of ketones is 1. The third-order valence-corrected chi connectivity index (χ3v) is 4.34. The summed E-state index contributed by atoms with van der Waals surface area (Å²) in [5.74, 6) is -1.46. The van der Waals surface area contributed by atoms with Gasteiger partial charge in [-0.25, -0.2) is 4.79 Å². The molecule has 0 heterocycles. The van der Waals surface area contributed by atoms with Gasteiger partial charge in [0.15, 0.2) is 19.0 Å². The minimum absolute atomic E-state index is 0.00180. The number of carbonyl (C=O) groups is 3. The number of benzene rings is 2. The van der Waals surface area contributed by atoms with Crippen LogP contribution in [0.15, 0.2) is 42.5 Å². The van der Waals surface area contributed by atoms with Gasteiger partial charge in [-0.3, -0.25) is 9.59 Å². The molecule has 0 spiro atoms. The van der Waals surface area contributed by atoms with Crippen molar-refractivity contribution in [2.45, 2.75) is 19.5 Å². The van der Waals surface area contributed by atoms with Gasteiger partial charge in [0.25, 0.3) is 5.91 Å². The monoisotopic (exact) mass is 483 g/mol. The molecular formula is C23H24F3NO7. The van der Waals surface area contributed by atoms with Crippen molar-refractivity contribution in [3.8, 4) is 11.5 Å². The van der Waals surface area contributed by atoms with Crippen LogP contribution in [0, 0.1) is 0 Å². The van der Waals surface area contributed by atoms with Gasteiger partial charge in [0.05, 0.1) is 17.9 Å². The fourth-order valence-corrected chi connectivity index (χ4v) is 2.62. The van der Waals surface area contributed by atoms with Crippen LogP contribution in [-0.4, -0.2) is 51.2 Å². The summed E-state index contributed by atoms with van der Waals surface area (Å²) in [6, 6.07) is 8.76. The third-order valence-electron chi connectivity index (χ3n) is 4.34. The van der Waals surface area contributed by atoms with E-state index in [2.05, 4.69) is 5.32 Å². The molecule has 1 N–H and O–H groups in total. The van der Waals surface area contributed by atoms with Crippen LogP contribution in [0.5, 0.6) is 11.5 Å². The summed E-state index contributed by atoms with van der Waals surface area (Å²) in [5.41, 5.74) is -0.710. The highest BCUT2D eigenvalue weighted by Crippen LogP contribution is 2.35. The maximum atomic E-state index is 13.0. The predicted molar refractivity (Wildman–Crippen MR) is 115 cm³/mol. The predicted octanol–water partition coefficient (Wildman–Crippen LogP) is 3.88. The van der Waals surface area contributed by atoms with Crippen LogP contribution in [0.2, 0.25) is 0 Å². The molecule has 2 rings (SSSR count). The number of anilines is 1. The minimum atomic E-state index is -4.63. The van der Waals surface area contributed by atoms with Gasteiger partial charge in [-0.1, -0.05) is 6.92 Å². The quantitative estimate of drug-likeness (QED) is 0.278. The summed E-state index contributed by atoms with van der Waals surface area (Å²) in [6.45, 7) is 0.707. The van der Waals surface area contributed by atoms with E-state index < -0.39 is 36.8 Å². The van der Waals surface area contributed by atoms with E-state index in [0.29, 0.717) is 17.7 Å². The topological polar surface area (TPSA) is 100 Å². The van der Waals surface area contributed by atoms with Crippen LogP contribution in [0.4, 0.5) is 18.9 Å². The summed E-state index contributed by atoms with van der Waals surface area (Å²) in [5, 5.41) is 2.25. The van der Waals surface area contributed by atoms with Gasteiger partial charge < -0.3 is 24.3 Å². The lowest BCUT2D eigenvalue weighted by Crippen LogP contribution is -2.24. The van der Waals surface area contributed by atoms with Crippen molar-refractivity contribution in [2.24, 2.45) is 0 Å². The highest BCUT2D eigenvalue weighted by Gasteiger charge is 2.31. The minimum Gasteiger partial charge on any atom is -0.489 e. The van der Waals surface area contributed by atoms with Crippen LogP contribution < -0.4 is 14.8 Å². The van der Waals surface area contributed by atoms with Crippen molar-refractivity contribution in [2.75, 3.05) is 38.9 Å². The molecule has 184 valence electrons. The molecule has 0 fully saturated rings. The molecule has 2 aromatic carbocycles. The Morgan fingerprint density at radius 3 is 2.26 bits per heavy atom. The van der Waals surface area contributed by atoms with E-state index in [0.717, 1.165) is 18.2 Å². The first-order valence-corrected chi connectivity index (χ1v) is 10.2. The van der Waals surface area contributed by atoms with Crippen molar-refractivity contribution >= 4 is 23.3 Å². The highest BCUT2D eigenvalue weighted by atomic mass is 19.4. The van der Waals surface area contributed by atoms with E-state index >= 15 is 0 Å². The molecular weight excluding hydrogens is 459 g/mol. The second kappa shape index (κ2) is 12.6. The summed E-state index contributed by atoms with van der Waals surface area (Å²) < 4.78 is 59.3. The van der Waals surface area contributed by atoms with Gasteiger partial charge in [0.1, 0.15) is 18.1 Å². The van der Waals surface area contributed by atoms with Gasteiger partial charge in [-0.2, -0.15) is 13.2 Å². The maximum Gasteiger partial charge on any atom is 0.416 e. The summed E-state index contributed by atoms with van der Waals surface area (Å²) >= 11 is 0. The average Bonchev–Trinajstić information content (AvgIpc) is 2.81. The van der Waals surface area contributed by atoms with E-state index in [1.165, 1.54) is 19.2 Å². The SMILES string of the molecule is CCC(=O)c1ccc(OCC(=O)OCC(=O)Nc2cc(C(F)(F)F)ccc2OCCOC)cc1. The number of rotatable bonds is 12. The van der Waals surface area contributed by atoms with Gasteiger partial charge >= 0.3 is 12.1 Å². The number of methoxy groups -OCH3 is 1. The zero-order chi connectivity index (χ0) is 25.1. The lowest BCUT2D eigenvalue weighted by atomic mass is 10.1. The number of hydrogen-bond acceptors (Lipinski definition) is 7. The Labute approximate surface area is 193 Å². The zero-order valence-corrected chi connectivity index (χ0v) is 18.6. The molecule has 1 amide bonds. The summed E-state index contributed by atoms with van der Waals surface area (Å²) in [7, 11) is 1.43. The molecule has 2 aromatic rings. The van der Waals surface area contributed by atoms with E-state index in [-0.39, 0.29) is 30.4 Å². The molecule has 34 heavy (non-hydrogen) atoms. The molecule has 0 aromatic heterocycles. The number of nitrogens with one attached hydrogen (secondary N) is 1. The molecule has 0 aliphatic rings. The fourth-order valence-electron chi connectivity index (χ4n) is 2.62. The Balaban J connectivity index is 1.90. The van der Waals surface area contributed by atoms with E-state index in [1.807, 2.05) is 0 Å². The number of esters is 1. The number of Topliss-reactive ketones (excluding diaryl/α,β-unsaturated/α-hetero) is 1. The lowest BCUT2D eigenvalue weighted by Gasteiger charge is -2.15. The van der Waals surface area contributed by atoms with Crippen molar-refractivity contribution in [3.63, 3.8) is 0 Å². The van der Waals surface area contributed by atoms with Crippen LogP contribution in [0.1, 0.15) is 29.3 Å². The number of carbonyl (C=O) groups excluding carboxylic acids is 3. The second-order valence-electron chi connectivity index (χ2n) is 6.85. The van der Waals surface area contributed by atoms with Crippen molar-refractivity contribution in [1.82, 2.24) is 0 Å². The van der Waals surface area contributed by atoms with Crippen LogP contribution >= 0.6 is 0 Å². The smallest absolute Gasteiger partial charge is 0.416 e. The Morgan fingerprint density at radius 2 is 1.65 bits per heavy atom. The van der Waals surface area contributed by atoms with Gasteiger partial charge in [-0.15, -0.1) is 0 Å². The molecule has 0 bridgehead atoms. The largest absolute Gasteiger partial charge is 0.489 e. The van der Waals surface area contributed by atoms with Crippen molar-refractivity contribution in [3.05, 3.63) is 53.6 Å². The highest BCUT2D eigenvalue weighted by molar-refractivity contribution is 5.96. The summed E-state index contributed by atoms with van der Waals surface area (Å²) in [6.07, 6.45) is -4.27. The van der Waals surface area contributed by atoms with Crippen LogP contribution in [0.3, 0.4) is 0 Å². The Hall–Kier alpha value is -3.60. The first kappa shape index (κ1) is 26.7. The molecule has 8 nitrogen and oxygen atoms in total. The van der Waals surface area contributed by atoms with Gasteiger partial charge in [0.2, 0.25) is 0 Å². The van der Waals surface area contributed by atoms with Crippen LogP contribution in [0.25, 0.3) is 0 Å². The third kappa shape index (κ3) is 8.39. The molecule has 11 heteroatoms. The van der Waals surface area contributed by atoms with Gasteiger partial charge in [0, 0.05) is 19.1 Å². The maximum absolute atomic E-state index is 13.0. The number of alkyl halides is 3. The van der Waals surface area contributed by atoms with E-state index in [1.54, 1.807) is 19.1 Å². The van der Waals surface area contributed by atoms with Crippen molar-refractivity contribution in [1.29, 1.82) is 0 Å². The van der Waals surface area contributed by atoms with E-state index in [9.17, 15) is 27.6 Å². The fraction of sp³-hybridized carbons (Fsp3) is 0.348. The second-order valence-corrected chi connectivity index (χ2v) is 6.85. The number of hydrogen-bond donors (Lipinski definition) is 1. The normalized spacial score (nSPS) is 11.0. The number of halogens is 3. The zero-order valence-electron chi connectivity index (χ0n) is 18.6. The number of amides is 1. The first-order chi connectivity index (χ1) is 16.1. The lowest BCUT2D eigenvalue weighted by molar-refractivity contribution is -0.149. The number of ether oxygens (including phenoxy) is 4. The van der Waals surface area contributed by atoms with E-state index in [4.69, 9.17) is 18.9 Å². The Morgan fingerprint density at radius 1 is 0.941 bits per heavy atom. The molecule has 0 aliphatic carbocycles.